The first-order chi connectivity index (χ1) is 14.1. The summed E-state index contributed by atoms with van der Waals surface area (Å²) in [6.07, 6.45) is 0.565. The van der Waals surface area contributed by atoms with E-state index in [1.165, 1.54) is 11.1 Å². The van der Waals surface area contributed by atoms with Gasteiger partial charge in [-0.1, -0.05) is 36.4 Å². The lowest BCUT2D eigenvalue weighted by Crippen LogP contribution is -2.33. The molecule has 1 aliphatic heterocycles. The summed E-state index contributed by atoms with van der Waals surface area (Å²) in [4.78, 5) is 24.2. The summed E-state index contributed by atoms with van der Waals surface area (Å²) >= 11 is 0. The quantitative estimate of drug-likeness (QED) is 0.636. The van der Waals surface area contributed by atoms with Crippen LogP contribution in [0.2, 0.25) is 0 Å². The van der Waals surface area contributed by atoms with Crippen LogP contribution in [0.15, 0.2) is 48.5 Å². The Bertz CT molecular complexity index is 1100. The number of rotatable bonds is 4. The van der Waals surface area contributed by atoms with E-state index >= 15 is 0 Å². The molecule has 6 heteroatoms. The van der Waals surface area contributed by atoms with Gasteiger partial charge < -0.3 is 9.64 Å². The fourth-order valence-corrected chi connectivity index (χ4v) is 3.63. The highest BCUT2D eigenvalue weighted by Gasteiger charge is 2.31. The predicted molar refractivity (Wildman–Crippen MR) is 110 cm³/mol. The Morgan fingerprint density at radius 3 is 2.41 bits per heavy atom. The van der Waals surface area contributed by atoms with Crippen LogP contribution in [-0.2, 0) is 22.5 Å². The molecule has 1 aliphatic rings. The normalized spacial score (nSPS) is 14.3. The molecule has 6 nitrogen and oxygen atoms in total. The molecule has 0 saturated heterocycles. The summed E-state index contributed by atoms with van der Waals surface area (Å²) in [7, 11) is 0. The molecule has 4 rings (SSSR count). The number of benzene rings is 2. The van der Waals surface area contributed by atoms with Crippen molar-refractivity contribution < 1.29 is 9.53 Å². The molecule has 0 fully saturated rings. The van der Waals surface area contributed by atoms with E-state index in [0.717, 1.165) is 18.5 Å². The second kappa shape index (κ2) is 7.88. The van der Waals surface area contributed by atoms with Gasteiger partial charge in [0.1, 0.15) is 5.69 Å². The van der Waals surface area contributed by atoms with Crippen LogP contribution in [0.4, 0.5) is 5.82 Å². The number of aromatic nitrogens is 2. The lowest BCUT2D eigenvalue weighted by molar-refractivity contribution is -0.147. The van der Waals surface area contributed by atoms with Gasteiger partial charge in [0.2, 0.25) is 0 Å². The minimum Gasteiger partial charge on any atom is -0.462 e. The maximum atomic E-state index is 12.6. The SMILES string of the molecule is CC(C)OC(=O)C(C#N)c1nc2ccccc2nc1N1CCc2ccccc2C1. The monoisotopic (exact) mass is 386 g/mol. The van der Waals surface area contributed by atoms with Crippen LogP contribution in [0.25, 0.3) is 11.0 Å². The van der Waals surface area contributed by atoms with Gasteiger partial charge in [-0.2, -0.15) is 5.26 Å². The number of anilines is 1. The van der Waals surface area contributed by atoms with Crippen molar-refractivity contribution >= 4 is 22.8 Å². The van der Waals surface area contributed by atoms with E-state index in [-0.39, 0.29) is 6.10 Å². The molecule has 0 amide bonds. The Morgan fingerprint density at radius 1 is 1.07 bits per heavy atom. The third-order valence-electron chi connectivity index (χ3n) is 5.00. The second-order valence-electron chi connectivity index (χ2n) is 7.41. The van der Waals surface area contributed by atoms with Crippen LogP contribution < -0.4 is 4.90 Å². The largest absolute Gasteiger partial charge is 0.462 e. The zero-order valence-corrected chi connectivity index (χ0v) is 16.5. The zero-order valence-electron chi connectivity index (χ0n) is 16.5. The Balaban J connectivity index is 1.81. The molecule has 2 aromatic carbocycles. The third-order valence-corrected chi connectivity index (χ3v) is 5.00. The van der Waals surface area contributed by atoms with Gasteiger partial charge in [0.25, 0.3) is 0 Å². The van der Waals surface area contributed by atoms with Crippen molar-refractivity contribution in [2.45, 2.75) is 38.8 Å². The van der Waals surface area contributed by atoms with Gasteiger partial charge in [-0.05, 0) is 43.5 Å². The highest BCUT2D eigenvalue weighted by Crippen LogP contribution is 2.31. The van der Waals surface area contributed by atoms with Crippen molar-refractivity contribution in [2.75, 3.05) is 11.4 Å². The van der Waals surface area contributed by atoms with Gasteiger partial charge in [0.05, 0.1) is 23.2 Å². The Labute approximate surface area is 169 Å². The topological polar surface area (TPSA) is 79.1 Å². The Hall–Kier alpha value is -3.46. The van der Waals surface area contributed by atoms with Crippen molar-refractivity contribution in [3.05, 3.63) is 65.4 Å². The first-order valence-corrected chi connectivity index (χ1v) is 9.75. The highest BCUT2D eigenvalue weighted by molar-refractivity contribution is 5.85. The lowest BCUT2D eigenvalue weighted by Gasteiger charge is -2.31. The molecule has 0 radical (unpaired) electrons. The Morgan fingerprint density at radius 2 is 1.72 bits per heavy atom. The maximum Gasteiger partial charge on any atom is 0.329 e. The number of hydrogen-bond acceptors (Lipinski definition) is 6. The van der Waals surface area contributed by atoms with Crippen molar-refractivity contribution in [3.63, 3.8) is 0 Å². The number of ether oxygens (including phenoxy) is 1. The van der Waals surface area contributed by atoms with E-state index in [2.05, 4.69) is 28.1 Å². The molecule has 3 aromatic rings. The van der Waals surface area contributed by atoms with Crippen LogP contribution >= 0.6 is 0 Å². The fourth-order valence-electron chi connectivity index (χ4n) is 3.63. The van der Waals surface area contributed by atoms with Gasteiger partial charge in [-0.15, -0.1) is 0 Å². The third kappa shape index (κ3) is 3.77. The summed E-state index contributed by atoms with van der Waals surface area (Å²) in [6.45, 7) is 4.93. The lowest BCUT2D eigenvalue weighted by atomic mass is 9.99. The molecule has 1 aromatic heterocycles. The summed E-state index contributed by atoms with van der Waals surface area (Å²) in [5.41, 5.74) is 4.28. The summed E-state index contributed by atoms with van der Waals surface area (Å²) in [5, 5.41) is 9.78. The van der Waals surface area contributed by atoms with Gasteiger partial charge in [-0.25, -0.2) is 9.97 Å². The minimum atomic E-state index is -1.12. The standard InChI is InChI=1S/C23H22N4O2/c1-15(2)29-23(28)18(13-24)21-22(26-20-10-6-5-9-19(20)25-21)27-12-11-16-7-3-4-8-17(16)14-27/h3-10,15,18H,11-12,14H2,1-2H3. The minimum absolute atomic E-state index is 0.308. The molecular formula is C23H22N4O2. The Kier molecular flexibility index (Phi) is 5.13. The molecule has 146 valence electrons. The number of nitrogens with zero attached hydrogens (tertiary/aromatic N) is 4. The summed E-state index contributed by atoms with van der Waals surface area (Å²) in [5.74, 6) is -1.14. The summed E-state index contributed by atoms with van der Waals surface area (Å²) in [6, 6.07) is 17.9. The number of para-hydroxylation sites is 2. The molecule has 1 atom stereocenters. The van der Waals surface area contributed by atoms with E-state index in [4.69, 9.17) is 9.72 Å². The first kappa shape index (κ1) is 18.9. The van der Waals surface area contributed by atoms with Gasteiger partial charge in [0, 0.05) is 13.1 Å². The molecule has 29 heavy (non-hydrogen) atoms. The van der Waals surface area contributed by atoms with Crippen LogP contribution in [-0.4, -0.2) is 28.6 Å². The summed E-state index contributed by atoms with van der Waals surface area (Å²) < 4.78 is 5.32. The van der Waals surface area contributed by atoms with Crippen molar-refractivity contribution in [1.82, 2.24) is 9.97 Å². The fraction of sp³-hybridized carbons (Fsp3) is 0.304. The van der Waals surface area contributed by atoms with Crippen LogP contribution in [0, 0.1) is 11.3 Å². The van der Waals surface area contributed by atoms with Crippen LogP contribution in [0.5, 0.6) is 0 Å². The average Bonchev–Trinajstić information content (AvgIpc) is 2.73. The molecule has 0 spiro atoms. The molecular weight excluding hydrogens is 364 g/mol. The number of fused-ring (bicyclic) bond motifs is 2. The molecule has 1 unspecified atom stereocenters. The smallest absolute Gasteiger partial charge is 0.329 e. The van der Waals surface area contributed by atoms with Gasteiger partial charge in [-0.3, -0.25) is 4.79 Å². The maximum absolute atomic E-state index is 12.6. The van der Waals surface area contributed by atoms with E-state index in [1.807, 2.05) is 36.4 Å². The predicted octanol–water partition coefficient (Wildman–Crippen LogP) is 3.75. The van der Waals surface area contributed by atoms with E-state index in [1.54, 1.807) is 13.8 Å². The number of esters is 1. The van der Waals surface area contributed by atoms with Crippen molar-refractivity contribution in [1.29, 1.82) is 5.26 Å². The van der Waals surface area contributed by atoms with Crippen LogP contribution in [0.1, 0.15) is 36.6 Å². The zero-order chi connectivity index (χ0) is 20.4. The molecule has 0 aliphatic carbocycles. The van der Waals surface area contributed by atoms with Gasteiger partial charge >= 0.3 is 5.97 Å². The highest BCUT2D eigenvalue weighted by atomic mass is 16.5. The number of carbonyl (C=O) groups is 1. The van der Waals surface area contributed by atoms with E-state index < -0.39 is 11.9 Å². The van der Waals surface area contributed by atoms with Crippen molar-refractivity contribution in [3.8, 4) is 6.07 Å². The van der Waals surface area contributed by atoms with E-state index in [9.17, 15) is 10.1 Å². The van der Waals surface area contributed by atoms with Gasteiger partial charge in [0.15, 0.2) is 11.7 Å². The molecule has 0 N–H and O–H groups in total. The first-order valence-electron chi connectivity index (χ1n) is 9.75. The molecule has 0 saturated carbocycles. The van der Waals surface area contributed by atoms with Crippen molar-refractivity contribution in [2.24, 2.45) is 0 Å². The second-order valence-corrected chi connectivity index (χ2v) is 7.41. The number of hydrogen-bond donors (Lipinski definition) is 0. The average molecular weight is 386 g/mol. The molecule has 0 bridgehead atoms. The molecule has 2 heterocycles. The number of carbonyl (C=O) groups excluding carboxylic acids is 1. The van der Waals surface area contributed by atoms with Crippen LogP contribution in [0.3, 0.4) is 0 Å². The number of nitriles is 1. The van der Waals surface area contributed by atoms with E-state index in [0.29, 0.717) is 23.6 Å².